The summed E-state index contributed by atoms with van der Waals surface area (Å²) in [5, 5.41) is 9.61. The molecule has 2 heterocycles. The van der Waals surface area contributed by atoms with Crippen molar-refractivity contribution < 1.29 is 9.32 Å². The minimum atomic E-state index is -0.405. The molecule has 2 N–H and O–H groups in total. The summed E-state index contributed by atoms with van der Waals surface area (Å²) in [6.45, 7) is 2.93. The molecule has 2 rings (SSSR count). The Balaban J connectivity index is 2.06. The van der Waals surface area contributed by atoms with Crippen LogP contribution in [0.25, 0.3) is 0 Å². The van der Waals surface area contributed by atoms with Crippen molar-refractivity contribution in [2.75, 3.05) is 11.9 Å². The highest BCUT2D eigenvalue weighted by atomic mass is 16.5. The Labute approximate surface area is 88.2 Å². The fraction of sp³-hybridized carbons (Fsp3) is 0.600. The van der Waals surface area contributed by atoms with Crippen molar-refractivity contribution in [3.05, 3.63) is 12.5 Å². The molecule has 1 aromatic rings. The molecule has 1 aliphatic heterocycles. The fourth-order valence-corrected chi connectivity index (χ4v) is 1.98. The lowest BCUT2D eigenvalue weighted by Crippen LogP contribution is -2.50. The summed E-state index contributed by atoms with van der Waals surface area (Å²) in [6.07, 6.45) is 5.65. The first-order valence-electron chi connectivity index (χ1n) is 5.23. The Morgan fingerprint density at radius 1 is 1.80 bits per heavy atom. The van der Waals surface area contributed by atoms with Crippen LogP contribution in [-0.4, -0.2) is 23.1 Å². The Morgan fingerprint density at radius 3 is 3.20 bits per heavy atom. The van der Waals surface area contributed by atoms with Crippen molar-refractivity contribution >= 4 is 11.6 Å². The van der Waals surface area contributed by atoms with Crippen LogP contribution in [0.5, 0.6) is 0 Å². The van der Waals surface area contributed by atoms with Crippen molar-refractivity contribution in [1.29, 1.82) is 0 Å². The standard InChI is InChI=1S/C10H15N3O2/c1-2-10(4-3-5-11-10)9(14)13-8-6-12-15-7-8/h6-7,11H,2-5H2,1H3,(H,13,14). The van der Waals surface area contributed by atoms with E-state index in [4.69, 9.17) is 0 Å². The molecule has 5 heteroatoms. The largest absolute Gasteiger partial charge is 0.363 e. The lowest BCUT2D eigenvalue weighted by Gasteiger charge is -2.26. The molecule has 0 aliphatic carbocycles. The van der Waals surface area contributed by atoms with Crippen LogP contribution in [0.1, 0.15) is 26.2 Å². The molecule has 1 fully saturated rings. The van der Waals surface area contributed by atoms with Gasteiger partial charge in [-0.2, -0.15) is 0 Å². The molecule has 1 atom stereocenters. The summed E-state index contributed by atoms with van der Waals surface area (Å²) in [5.74, 6) is 0.00528. The van der Waals surface area contributed by atoms with E-state index in [0.717, 1.165) is 25.8 Å². The van der Waals surface area contributed by atoms with Gasteiger partial charge in [-0.25, -0.2) is 0 Å². The molecule has 1 aromatic heterocycles. The van der Waals surface area contributed by atoms with E-state index >= 15 is 0 Å². The van der Waals surface area contributed by atoms with Crippen LogP contribution in [0, 0.1) is 0 Å². The zero-order valence-electron chi connectivity index (χ0n) is 8.75. The average molecular weight is 209 g/mol. The Hall–Kier alpha value is -1.36. The summed E-state index contributed by atoms with van der Waals surface area (Å²) in [7, 11) is 0. The molecule has 0 aromatic carbocycles. The number of carbonyl (C=O) groups excluding carboxylic acids is 1. The van der Waals surface area contributed by atoms with E-state index in [1.807, 2.05) is 6.92 Å². The molecule has 1 saturated heterocycles. The van der Waals surface area contributed by atoms with Gasteiger partial charge in [-0.05, 0) is 25.8 Å². The van der Waals surface area contributed by atoms with Crippen molar-refractivity contribution in [3.63, 3.8) is 0 Å². The normalized spacial score (nSPS) is 25.4. The van der Waals surface area contributed by atoms with Crippen molar-refractivity contribution in [2.45, 2.75) is 31.7 Å². The summed E-state index contributed by atoms with van der Waals surface area (Å²) >= 11 is 0. The monoisotopic (exact) mass is 209 g/mol. The van der Waals surface area contributed by atoms with Gasteiger partial charge in [0.1, 0.15) is 12.0 Å². The van der Waals surface area contributed by atoms with Crippen molar-refractivity contribution in [3.8, 4) is 0 Å². The SMILES string of the molecule is CCC1(C(=O)Nc2cnoc2)CCCN1. The highest BCUT2D eigenvalue weighted by molar-refractivity contribution is 5.98. The molecular weight excluding hydrogens is 194 g/mol. The van der Waals surface area contributed by atoms with Gasteiger partial charge in [0.05, 0.1) is 11.7 Å². The van der Waals surface area contributed by atoms with Gasteiger partial charge in [0, 0.05) is 0 Å². The second-order valence-corrected chi connectivity index (χ2v) is 3.83. The van der Waals surface area contributed by atoms with Gasteiger partial charge in [0.25, 0.3) is 0 Å². The third kappa shape index (κ3) is 1.87. The number of hydrogen-bond acceptors (Lipinski definition) is 4. The maximum Gasteiger partial charge on any atom is 0.244 e. The Bertz CT molecular complexity index is 328. The maximum atomic E-state index is 12.0. The summed E-state index contributed by atoms with van der Waals surface area (Å²) in [5.41, 5.74) is 0.207. The predicted octanol–water partition coefficient (Wildman–Crippen LogP) is 1.15. The quantitative estimate of drug-likeness (QED) is 0.783. The molecule has 1 aliphatic rings. The number of hydrogen-bond donors (Lipinski definition) is 2. The number of aromatic nitrogens is 1. The van der Waals surface area contributed by atoms with E-state index < -0.39 is 5.54 Å². The summed E-state index contributed by atoms with van der Waals surface area (Å²) in [6, 6.07) is 0. The van der Waals surface area contributed by atoms with Gasteiger partial charge in [0.15, 0.2) is 0 Å². The third-order valence-electron chi connectivity index (χ3n) is 2.97. The van der Waals surface area contributed by atoms with Gasteiger partial charge in [-0.15, -0.1) is 0 Å². The van der Waals surface area contributed by atoms with Gasteiger partial charge < -0.3 is 15.2 Å². The number of nitrogens with one attached hydrogen (secondary N) is 2. The van der Waals surface area contributed by atoms with Crippen LogP contribution < -0.4 is 10.6 Å². The van der Waals surface area contributed by atoms with Gasteiger partial charge in [-0.3, -0.25) is 4.79 Å². The molecule has 5 nitrogen and oxygen atoms in total. The number of rotatable bonds is 3. The Morgan fingerprint density at radius 2 is 2.67 bits per heavy atom. The molecule has 15 heavy (non-hydrogen) atoms. The molecule has 0 bridgehead atoms. The first kappa shape index (κ1) is 10.2. The summed E-state index contributed by atoms with van der Waals surface area (Å²) in [4.78, 5) is 12.0. The highest BCUT2D eigenvalue weighted by Crippen LogP contribution is 2.24. The minimum Gasteiger partial charge on any atom is -0.363 e. The number of nitrogens with zero attached hydrogens (tertiary/aromatic N) is 1. The molecule has 82 valence electrons. The fourth-order valence-electron chi connectivity index (χ4n) is 1.98. The van der Waals surface area contributed by atoms with Crippen molar-refractivity contribution in [2.24, 2.45) is 0 Å². The smallest absolute Gasteiger partial charge is 0.244 e. The third-order valence-corrected chi connectivity index (χ3v) is 2.97. The topological polar surface area (TPSA) is 67.2 Å². The van der Waals surface area contributed by atoms with Gasteiger partial charge >= 0.3 is 0 Å². The molecule has 1 amide bonds. The van der Waals surface area contributed by atoms with Crippen LogP contribution in [0.4, 0.5) is 5.69 Å². The first-order chi connectivity index (χ1) is 7.27. The number of carbonyl (C=O) groups is 1. The predicted molar refractivity (Wildman–Crippen MR) is 55.4 cm³/mol. The zero-order chi connectivity index (χ0) is 10.7. The van der Waals surface area contributed by atoms with Crippen LogP contribution in [0.15, 0.2) is 17.0 Å². The molecule has 0 radical (unpaired) electrons. The van der Waals surface area contributed by atoms with Crippen LogP contribution >= 0.6 is 0 Å². The number of amides is 1. The van der Waals surface area contributed by atoms with E-state index in [9.17, 15) is 4.79 Å². The lowest BCUT2D eigenvalue weighted by molar-refractivity contribution is -0.122. The zero-order valence-corrected chi connectivity index (χ0v) is 8.75. The Kier molecular flexibility index (Phi) is 2.73. The molecule has 0 saturated carbocycles. The van der Waals surface area contributed by atoms with E-state index in [-0.39, 0.29) is 5.91 Å². The average Bonchev–Trinajstić information content (AvgIpc) is 2.87. The van der Waals surface area contributed by atoms with E-state index in [2.05, 4.69) is 20.3 Å². The van der Waals surface area contributed by atoms with Gasteiger partial charge in [-0.1, -0.05) is 12.1 Å². The van der Waals surface area contributed by atoms with E-state index in [0.29, 0.717) is 5.69 Å². The molecule has 1 unspecified atom stereocenters. The van der Waals surface area contributed by atoms with E-state index in [1.54, 1.807) is 0 Å². The molecule has 0 spiro atoms. The van der Waals surface area contributed by atoms with Crippen molar-refractivity contribution in [1.82, 2.24) is 10.5 Å². The highest BCUT2D eigenvalue weighted by Gasteiger charge is 2.39. The van der Waals surface area contributed by atoms with Gasteiger partial charge in [0.2, 0.25) is 5.91 Å². The van der Waals surface area contributed by atoms with Crippen LogP contribution in [-0.2, 0) is 4.79 Å². The second kappa shape index (κ2) is 4.02. The minimum absolute atomic E-state index is 0.00528. The second-order valence-electron chi connectivity index (χ2n) is 3.83. The van der Waals surface area contributed by atoms with E-state index in [1.165, 1.54) is 12.5 Å². The summed E-state index contributed by atoms with van der Waals surface area (Å²) < 4.78 is 4.66. The van der Waals surface area contributed by atoms with Crippen LogP contribution in [0.2, 0.25) is 0 Å². The first-order valence-corrected chi connectivity index (χ1v) is 5.23. The lowest BCUT2D eigenvalue weighted by atomic mass is 9.93. The van der Waals surface area contributed by atoms with Crippen LogP contribution in [0.3, 0.4) is 0 Å². The number of anilines is 1. The maximum absolute atomic E-state index is 12.0. The molecular formula is C10H15N3O2.